The molecule has 1 aliphatic heterocycles. The number of aromatic nitrogens is 1. The standard InChI is InChI=1S/C20H24N4O2/c25-18-4-2-1-3-16(18)14-23-9-11-24(12-10-23)19-8-7-17(13-21-19)22-20(26)15-5-6-15/h1-4,7-8,13,15,25H,5-6,9-12,14H2,(H,22,26). The molecule has 1 aromatic heterocycles. The third-order valence-electron chi connectivity index (χ3n) is 5.05. The van der Waals surface area contributed by atoms with E-state index in [9.17, 15) is 9.90 Å². The van der Waals surface area contributed by atoms with E-state index >= 15 is 0 Å². The molecule has 2 N–H and O–H groups in total. The third kappa shape index (κ3) is 3.96. The number of para-hydroxylation sites is 1. The van der Waals surface area contributed by atoms with E-state index in [2.05, 4.69) is 20.1 Å². The van der Waals surface area contributed by atoms with Crippen molar-refractivity contribution in [2.24, 2.45) is 5.92 Å². The van der Waals surface area contributed by atoms with E-state index in [1.165, 1.54) is 0 Å². The Morgan fingerprint density at radius 1 is 1.12 bits per heavy atom. The maximum absolute atomic E-state index is 11.8. The Balaban J connectivity index is 1.30. The smallest absolute Gasteiger partial charge is 0.227 e. The Morgan fingerprint density at radius 2 is 1.88 bits per heavy atom. The minimum atomic E-state index is 0.109. The summed E-state index contributed by atoms with van der Waals surface area (Å²) in [4.78, 5) is 20.9. The predicted molar refractivity (Wildman–Crippen MR) is 101 cm³/mol. The first-order chi connectivity index (χ1) is 12.7. The molecule has 1 aromatic carbocycles. The Kier molecular flexibility index (Phi) is 4.75. The fourth-order valence-corrected chi connectivity index (χ4v) is 3.26. The topological polar surface area (TPSA) is 68.7 Å². The molecule has 2 fully saturated rings. The van der Waals surface area contributed by atoms with Crippen LogP contribution in [0.5, 0.6) is 5.75 Å². The first kappa shape index (κ1) is 16.8. The van der Waals surface area contributed by atoms with Crippen LogP contribution in [0, 0.1) is 5.92 Å². The number of hydrogen-bond acceptors (Lipinski definition) is 5. The molecule has 0 radical (unpaired) electrons. The fourth-order valence-electron chi connectivity index (χ4n) is 3.26. The summed E-state index contributed by atoms with van der Waals surface area (Å²) < 4.78 is 0. The average Bonchev–Trinajstić information content (AvgIpc) is 3.50. The number of hydrogen-bond donors (Lipinski definition) is 2. The molecule has 0 atom stereocenters. The van der Waals surface area contributed by atoms with Crippen LogP contribution >= 0.6 is 0 Å². The maximum atomic E-state index is 11.8. The predicted octanol–water partition coefficient (Wildman–Crippen LogP) is 2.46. The normalized spacial score (nSPS) is 17.9. The lowest BCUT2D eigenvalue weighted by Gasteiger charge is -2.35. The van der Waals surface area contributed by atoms with Gasteiger partial charge in [-0.1, -0.05) is 18.2 Å². The number of nitrogens with one attached hydrogen (secondary N) is 1. The highest BCUT2D eigenvalue weighted by Gasteiger charge is 2.29. The molecule has 6 heteroatoms. The van der Waals surface area contributed by atoms with Gasteiger partial charge in [0.2, 0.25) is 5.91 Å². The van der Waals surface area contributed by atoms with Crippen molar-refractivity contribution in [3.63, 3.8) is 0 Å². The number of nitrogens with zero attached hydrogens (tertiary/aromatic N) is 3. The zero-order chi connectivity index (χ0) is 17.9. The Morgan fingerprint density at radius 3 is 2.54 bits per heavy atom. The summed E-state index contributed by atoms with van der Waals surface area (Å²) in [5.41, 5.74) is 1.73. The largest absolute Gasteiger partial charge is 0.508 e. The van der Waals surface area contributed by atoms with Crippen molar-refractivity contribution in [3.8, 4) is 5.75 Å². The summed E-state index contributed by atoms with van der Waals surface area (Å²) in [6.07, 6.45) is 3.74. The van der Waals surface area contributed by atoms with Crippen LogP contribution in [0.3, 0.4) is 0 Å². The number of benzene rings is 1. The fraction of sp³-hybridized carbons (Fsp3) is 0.400. The van der Waals surface area contributed by atoms with Gasteiger partial charge in [-0.3, -0.25) is 9.69 Å². The molecule has 2 heterocycles. The summed E-state index contributed by atoms with van der Waals surface area (Å²) in [5, 5.41) is 12.8. The molecule has 4 rings (SSSR count). The van der Waals surface area contributed by atoms with Gasteiger partial charge in [0.05, 0.1) is 11.9 Å². The number of piperazine rings is 1. The monoisotopic (exact) mass is 352 g/mol. The molecule has 0 spiro atoms. The second kappa shape index (κ2) is 7.33. The Labute approximate surface area is 153 Å². The molecule has 0 bridgehead atoms. The molecule has 136 valence electrons. The van der Waals surface area contributed by atoms with Crippen molar-refractivity contribution < 1.29 is 9.90 Å². The number of carbonyl (C=O) groups excluding carboxylic acids is 1. The number of aromatic hydroxyl groups is 1. The Hall–Kier alpha value is -2.60. The molecule has 1 amide bonds. The summed E-state index contributed by atoms with van der Waals surface area (Å²) >= 11 is 0. The van der Waals surface area contributed by atoms with Crippen molar-refractivity contribution in [2.75, 3.05) is 36.4 Å². The quantitative estimate of drug-likeness (QED) is 0.865. The van der Waals surface area contributed by atoms with E-state index in [0.29, 0.717) is 5.75 Å². The van der Waals surface area contributed by atoms with Crippen molar-refractivity contribution >= 4 is 17.4 Å². The van der Waals surface area contributed by atoms with Gasteiger partial charge in [0, 0.05) is 44.2 Å². The maximum Gasteiger partial charge on any atom is 0.227 e. The highest BCUT2D eigenvalue weighted by atomic mass is 16.3. The summed E-state index contributed by atoms with van der Waals surface area (Å²) in [7, 11) is 0. The lowest BCUT2D eigenvalue weighted by Crippen LogP contribution is -2.46. The van der Waals surface area contributed by atoms with Crippen LogP contribution in [0.1, 0.15) is 18.4 Å². The summed E-state index contributed by atoms with van der Waals surface area (Å²) in [6.45, 7) is 4.41. The van der Waals surface area contributed by atoms with Gasteiger partial charge in [0.15, 0.2) is 0 Å². The van der Waals surface area contributed by atoms with E-state index in [4.69, 9.17) is 0 Å². The van der Waals surface area contributed by atoms with Crippen LogP contribution in [-0.4, -0.2) is 47.1 Å². The molecular formula is C20H24N4O2. The van der Waals surface area contributed by atoms with Gasteiger partial charge in [-0.15, -0.1) is 0 Å². The highest BCUT2D eigenvalue weighted by molar-refractivity contribution is 5.93. The molecular weight excluding hydrogens is 328 g/mol. The van der Waals surface area contributed by atoms with Crippen molar-refractivity contribution in [2.45, 2.75) is 19.4 Å². The van der Waals surface area contributed by atoms with Gasteiger partial charge in [0.1, 0.15) is 11.6 Å². The lowest BCUT2D eigenvalue weighted by atomic mass is 10.1. The van der Waals surface area contributed by atoms with E-state index in [1.54, 1.807) is 12.3 Å². The number of amides is 1. The zero-order valence-corrected chi connectivity index (χ0v) is 14.8. The molecule has 0 unspecified atom stereocenters. The highest BCUT2D eigenvalue weighted by Crippen LogP contribution is 2.30. The van der Waals surface area contributed by atoms with Crippen LogP contribution < -0.4 is 10.2 Å². The van der Waals surface area contributed by atoms with Crippen LogP contribution in [0.15, 0.2) is 42.6 Å². The molecule has 1 saturated heterocycles. The number of rotatable bonds is 5. The van der Waals surface area contributed by atoms with Crippen LogP contribution in [0.25, 0.3) is 0 Å². The molecule has 1 saturated carbocycles. The number of anilines is 2. The molecule has 2 aliphatic rings. The number of phenolic OH excluding ortho intramolecular Hbond substituents is 1. The van der Waals surface area contributed by atoms with Crippen LogP contribution in [0.4, 0.5) is 11.5 Å². The second-order valence-electron chi connectivity index (χ2n) is 7.06. The number of phenols is 1. The van der Waals surface area contributed by atoms with Crippen molar-refractivity contribution in [1.82, 2.24) is 9.88 Å². The van der Waals surface area contributed by atoms with Gasteiger partial charge in [0.25, 0.3) is 0 Å². The molecule has 6 nitrogen and oxygen atoms in total. The SMILES string of the molecule is O=C(Nc1ccc(N2CCN(Cc3ccccc3O)CC2)nc1)C1CC1. The number of pyridine rings is 1. The van der Waals surface area contributed by atoms with Crippen molar-refractivity contribution in [3.05, 3.63) is 48.2 Å². The summed E-state index contributed by atoms with van der Waals surface area (Å²) in [6, 6.07) is 11.4. The lowest BCUT2D eigenvalue weighted by molar-refractivity contribution is -0.117. The molecule has 1 aliphatic carbocycles. The van der Waals surface area contributed by atoms with Crippen LogP contribution in [-0.2, 0) is 11.3 Å². The molecule has 26 heavy (non-hydrogen) atoms. The van der Waals surface area contributed by atoms with Crippen LogP contribution in [0.2, 0.25) is 0 Å². The van der Waals surface area contributed by atoms with Crippen molar-refractivity contribution in [1.29, 1.82) is 0 Å². The zero-order valence-electron chi connectivity index (χ0n) is 14.8. The minimum absolute atomic E-state index is 0.109. The van der Waals surface area contributed by atoms with E-state index in [0.717, 1.165) is 62.6 Å². The third-order valence-corrected chi connectivity index (χ3v) is 5.05. The van der Waals surface area contributed by atoms with Gasteiger partial charge < -0.3 is 15.3 Å². The average molecular weight is 352 g/mol. The summed E-state index contributed by atoms with van der Waals surface area (Å²) in [5.74, 6) is 1.61. The van der Waals surface area contributed by atoms with Gasteiger partial charge >= 0.3 is 0 Å². The first-order valence-electron chi connectivity index (χ1n) is 9.20. The van der Waals surface area contributed by atoms with Gasteiger partial charge in [-0.2, -0.15) is 0 Å². The van der Waals surface area contributed by atoms with E-state index in [-0.39, 0.29) is 11.8 Å². The molecule has 2 aromatic rings. The minimum Gasteiger partial charge on any atom is -0.508 e. The van der Waals surface area contributed by atoms with Gasteiger partial charge in [-0.05, 0) is 31.0 Å². The first-order valence-corrected chi connectivity index (χ1v) is 9.20. The van der Waals surface area contributed by atoms with E-state index < -0.39 is 0 Å². The second-order valence-corrected chi connectivity index (χ2v) is 7.06. The Bertz CT molecular complexity index is 766. The number of carbonyl (C=O) groups is 1. The van der Waals surface area contributed by atoms with Gasteiger partial charge in [-0.25, -0.2) is 4.98 Å². The van der Waals surface area contributed by atoms with E-state index in [1.807, 2.05) is 30.3 Å².